The van der Waals surface area contributed by atoms with Crippen LogP contribution < -0.4 is 5.73 Å². The number of thiophene rings is 1. The minimum atomic E-state index is -0.233. The van der Waals surface area contributed by atoms with Gasteiger partial charge in [-0.1, -0.05) is 15.9 Å². The van der Waals surface area contributed by atoms with Crippen LogP contribution in [0.4, 0.5) is 4.39 Å². The molecule has 2 N–H and O–H groups in total. The number of nitrogens with two attached hydrogens (primary N) is 1. The fourth-order valence-electron chi connectivity index (χ4n) is 1.84. The topological polar surface area (TPSA) is 26.0 Å². The molecular formula is C13H13BrFNS. The van der Waals surface area contributed by atoms with E-state index in [9.17, 15) is 4.39 Å². The van der Waals surface area contributed by atoms with Crippen molar-refractivity contribution in [1.29, 1.82) is 0 Å². The van der Waals surface area contributed by atoms with Gasteiger partial charge >= 0.3 is 0 Å². The third-order valence-corrected chi connectivity index (χ3v) is 4.01. The molecule has 4 heteroatoms. The number of benzene rings is 1. The lowest BCUT2D eigenvalue weighted by molar-refractivity contribution is 0.621. The molecule has 2 aromatic rings. The molecule has 0 aliphatic heterocycles. The van der Waals surface area contributed by atoms with Crippen LogP contribution in [0.25, 0.3) is 0 Å². The average molecular weight is 314 g/mol. The van der Waals surface area contributed by atoms with Crippen molar-refractivity contribution in [1.82, 2.24) is 0 Å². The van der Waals surface area contributed by atoms with E-state index in [2.05, 4.69) is 26.7 Å². The second-order valence-electron chi connectivity index (χ2n) is 4.10. The standard InChI is InChI=1S/C13H13BrFNS/c1-8-6-17-7-12(8)13(16)4-9-2-10(14)5-11(15)3-9/h2-3,5-7,13H,4,16H2,1H3. The molecule has 1 aromatic heterocycles. The van der Waals surface area contributed by atoms with Crippen molar-refractivity contribution in [2.75, 3.05) is 0 Å². The highest BCUT2D eigenvalue weighted by atomic mass is 79.9. The molecule has 90 valence electrons. The van der Waals surface area contributed by atoms with Crippen molar-refractivity contribution >= 4 is 27.3 Å². The smallest absolute Gasteiger partial charge is 0.124 e. The summed E-state index contributed by atoms with van der Waals surface area (Å²) in [5.74, 6) is -0.233. The van der Waals surface area contributed by atoms with E-state index in [4.69, 9.17) is 5.73 Å². The first-order valence-corrected chi connectivity index (χ1v) is 7.03. The Morgan fingerprint density at radius 1 is 1.35 bits per heavy atom. The highest BCUT2D eigenvalue weighted by Crippen LogP contribution is 2.24. The lowest BCUT2D eigenvalue weighted by atomic mass is 9.99. The van der Waals surface area contributed by atoms with Gasteiger partial charge in [-0.15, -0.1) is 0 Å². The molecule has 1 heterocycles. The van der Waals surface area contributed by atoms with Gasteiger partial charge in [-0.05, 0) is 59.0 Å². The number of hydrogen-bond acceptors (Lipinski definition) is 2. The van der Waals surface area contributed by atoms with Crippen LogP contribution in [-0.4, -0.2) is 0 Å². The molecule has 1 aromatic carbocycles. The molecule has 1 atom stereocenters. The Labute approximate surface area is 113 Å². The van der Waals surface area contributed by atoms with Gasteiger partial charge in [0.05, 0.1) is 0 Å². The molecule has 1 unspecified atom stereocenters. The first kappa shape index (κ1) is 12.7. The maximum Gasteiger partial charge on any atom is 0.124 e. The van der Waals surface area contributed by atoms with Gasteiger partial charge in [0.15, 0.2) is 0 Å². The Kier molecular flexibility index (Phi) is 3.97. The van der Waals surface area contributed by atoms with Crippen LogP contribution in [0.2, 0.25) is 0 Å². The predicted molar refractivity (Wildman–Crippen MR) is 73.8 cm³/mol. The summed E-state index contributed by atoms with van der Waals surface area (Å²) in [6.45, 7) is 2.05. The monoisotopic (exact) mass is 313 g/mol. The zero-order chi connectivity index (χ0) is 12.4. The van der Waals surface area contributed by atoms with E-state index in [0.29, 0.717) is 6.42 Å². The summed E-state index contributed by atoms with van der Waals surface area (Å²) in [5, 5.41) is 4.14. The maximum atomic E-state index is 13.2. The van der Waals surface area contributed by atoms with Crippen molar-refractivity contribution < 1.29 is 4.39 Å². The van der Waals surface area contributed by atoms with Crippen LogP contribution in [0.15, 0.2) is 33.4 Å². The molecule has 0 radical (unpaired) electrons. The summed E-state index contributed by atoms with van der Waals surface area (Å²) in [6, 6.07) is 4.82. The highest BCUT2D eigenvalue weighted by molar-refractivity contribution is 9.10. The van der Waals surface area contributed by atoms with E-state index >= 15 is 0 Å². The quantitative estimate of drug-likeness (QED) is 0.903. The van der Waals surface area contributed by atoms with Crippen LogP contribution in [0.3, 0.4) is 0 Å². The van der Waals surface area contributed by atoms with E-state index in [1.807, 2.05) is 13.0 Å². The fraction of sp³-hybridized carbons (Fsp3) is 0.231. The van der Waals surface area contributed by atoms with Gasteiger partial charge in [-0.25, -0.2) is 4.39 Å². The van der Waals surface area contributed by atoms with Crippen molar-refractivity contribution in [2.45, 2.75) is 19.4 Å². The van der Waals surface area contributed by atoms with Gasteiger partial charge in [-0.3, -0.25) is 0 Å². The third-order valence-electron chi connectivity index (χ3n) is 2.67. The largest absolute Gasteiger partial charge is 0.324 e. The molecule has 0 saturated heterocycles. The van der Waals surface area contributed by atoms with Gasteiger partial charge in [0.2, 0.25) is 0 Å². The zero-order valence-electron chi connectivity index (χ0n) is 9.41. The molecule has 0 fully saturated rings. The third kappa shape index (κ3) is 3.15. The lowest BCUT2D eigenvalue weighted by Crippen LogP contribution is -2.13. The first-order valence-electron chi connectivity index (χ1n) is 5.29. The summed E-state index contributed by atoms with van der Waals surface area (Å²) in [6.07, 6.45) is 0.647. The summed E-state index contributed by atoms with van der Waals surface area (Å²) in [4.78, 5) is 0. The van der Waals surface area contributed by atoms with Crippen molar-refractivity contribution in [3.8, 4) is 0 Å². The van der Waals surface area contributed by atoms with Crippen molar-refractivity contribution in [3.05, 3.63) is 55.9 Å². The molecule has 0 amide bonds. The van der Waals surface area contributed by atoms with Gasteiger partial charge in [-0.2, -0.15) is 11.3 Å². The Balaban J connectivity index is 2.18. The minimum absolute atomic E-state index is 0.0741. The Bertz CT molecular complexity index is 504. The SMILES string of the molecule is Cc1cscc1C(N)Cc1cc(F)cc(Br)c1. The van der Waals surface area contributed by atoms with E-state index < -0.39 is 0 Å². The molecule has 0 aliphatic carbocycles. The lowest BCUT2D eigenvalue weighted by Gasteiger charge is -2.12. The van der Waals surface area contributed by atoms with E-state index in [0.717, 1.165) is 15.6 Å². The Hall–Kier alpha value is -0.710. The Morgan fingerprint density at radius 2 is 2.12 bits per heavy atom. The molecule has 2 rings (SSSR count). The van der Waals surface area contributed by atoms with Gasteiger partial charge in [0, 0.05) is 10.5 Å². The van der Waals surface area contributed by atoms with Gasteiger partial charge in [0.1, 0.15) is 5.82 Å². The second kappa shape index (κ2) is 5.29. The van der Waals surface area contributed by atoms with E-state index in [-0.39, 0.29) is 11.9 Å². The first-order chi connectivity index (χ1) is 8.06. The summed E-state index contributed by atoms with van der Waals surface area (Å²) in [5.41, 5.74) is 9.41. The van der Waals surface area contributed by atoms with E-state index in [1.54, 1.807) is 11.3 Å². The predicted octanol–water partition coefficient (Wildman–Crippen LogP) is 4.20. The number of hydrogen-bond donors (Lipinski definition) is 1. The van der Waals surface area contributed by atoms with Crippen LogP contribution in [0.5, 0.6) is 0 Å². The molecule has 1 nitrogen and oxygen atoms in total. The second-order valence-corrected chi connectivity index (χ2v) is 5.76. The van der Waals surface area contributed by atoms with E-state index in [1.165, 1.54) is 17.7 Å². The molecular weight excluding hydrogens is 301 g/mol. The number of aryl methyl sites for hydroxylation is 1. The molecule has 0 bridgehead atoms. The summed E-state index contributed by atoms with van der Waals surface area (Å²) >= 11 is 4.94. The molecule has 0 spiro atoms. The maximum absolute atomic E-state index is 13.2. The normalized spacial score (nSPS) is 12.7. The molecule has 0 saturated carbocycles. The zero-order valence-corrected chi connectivity index (χ0v) is 11.8. The summed E-state index contributed by atoms with van der Waals surface area (Å²) < 4.78 is 14.0. The van der Waals surface area contributed by atoms with Crippen LogP contribution in [0, 0.1) is 12.7 Å². The molecule has 17 heavy (non-hydrogen) atoms. The minimum Gasteiger partial charge on any atom is -0.324 e. The fourth-order valence-corrected chi connectivity index (χ4v) is 3.27. The van der Waals surface area contributed by atoms with Crippen molar-refractivity contribution in [2.24, 2.45) is 5.73 Å². The van der Waals surface area contributed by atoms with Crippen molar-refractivity contribution in [3.63, 3.8) is 0 Å². The van der Waals surface area contributed by atoms with Crippen LogP contribution >= 0.6 is 27.3 Å². The molecule has 0 aliphatic rings. The van der Waals surface area contributed by atoms with Crippen LogP contribution in [-0.2, 0) is 6.42 Å². The van der Waals surface area contributed by atoms with Gasteiger partial charge < -0.3 is 5.73 Å². The number of halogens is 2. The average Bonchev–Trinajstić information content (AvgIpc) is 2.62. The van der Waals surface area contributed by atoms with Crippen LogP contribution in [0.1, 0.15) is 22.7 Å². The van der Waals surface area contributed by atoms with Gasteiger partial charge in [0.25, 0.3) is 0 Å². The highest BCUT2D eigenvalue weighted by Gasteiger charge is 2.11. The Morgan fingerprint density at radius 3 is 2.71 bits per heavy atom. The number of rotatable bonds is 3. The summed E-state index contributed by atoms with van der Waals surface area (Å²) in [7, 11) is 0.